The van der Waals surface area contributed by atoms with E-state index >= 15 is 0 Å². The Labute approximate surface area is 160 Å². The van der Waals surface area contributed by atoms with Gasteiger partial charge in [0.25, 0.3) is 10.0 Å². The molecule has 0 radical (unpaired) electrons. The van der Waals surface area contributed by atoms with Gasteiger partial charge in [0.2, 0.25) is 0 Å². The first-order valence-corrected chi connectivity index (χ1v) is 9.99. The summed E-state index contributed by atoms with van der Waals surface area (Å²) in [5.41, 5.74) is 1.29. The molecule has 0 saturated carbocycles. The Morgan fingerprint density at radius 1 is 0.923 bits per heavy atom. The van der Waals surface area contributed by atoms with Crippen LogP contribution in [0, 0.1) is 13.8 Å². The second kappa shape index (κ2) is 7.43. The van der Waals surface area contributed by atoms with Crippen LogP contribution >= 0.6 is 15.9 Å². The number of anilines is 1. The second-order valence-electron chi connectivity index (χ2n) is 5.53. The minimum atomic E-state index is -3.74. The zero-order valence-electron chi connectivity index (χ0n) is 14.1. The van der Waals surface area contributed by atoms with E-state index in [9.17, 15) is 8.42 Å². The Kier molecular flexibility index (Phi) is 5.24. The van der Waals surface area contributed by atoms with E-state index in [4.69, 9.17) is 4.74 Å². The normalized spacial score (nSPS) is 11.2. The van der Waals surface area contributed by atoms with Crippen LogP contribution in [0.5, 0.6) is 11.8 Å². The molecule has 0 bridgehead atoms. The van der Waals surface area contributed by atoms with Gasteiger partial charge in [0.1, 0.15) is 5.75 Å². The van der Waals surface area contributed by atoms with Gasteiger partial charge in [-0.3, -0.25) is 4.72 Å². The first-order chi connectivity index (χ1) is 12.3. The Hall–Kier alpha value is -2.45. The van der Waals surface area contributed by atoms with Crippen molar-refractivity contribution in [3.8, 4) is 11.8 Å². The highest BCUT2D eigenvalue weighted by molar-refractivity contribution is 9.10. The number of halogens is 1. The van der Waals surface area contributed by atoms with Gasteiger partial charge in [-0.05, 0) is 50.2 Å². The second-order valence-corrected chi connectivity index (χ2v) is 8.12. The molecule has 0 aliphatic rings. The number of nitrogens with zero attached hydrogens (tertiary/aromatic N) is 2. The standard InChI is InChI=1S/C18H16BrN3O3S/c1-12-17(22-26(23,24)16-10-8-14(19)9-11-16)13(2)21-18(20-12)25-15-6-4-3-5-7-15/h3-11,22H,1-2H3. The number of nitrogens with one attached hydrogen (secondary N) is 1. The molecule has 0 atom stereocenters. The van der Waals surface area contributed by atoms with Gasteiger partial charge < -0.3 is 4.74 Å². The summed E-state index contributed by atoms with van der Waals surface area (Å²) < 4.78 is 34.1. The Morgan fingerprint density at radius 3 is 2.08 bits per heavy atom. The molecule has 6 nitrogen and oxygen atoms in total. The molecule has 0 saturated heterocycles. The molecule has 0 aliphatic heterocycles. The van der Waals surface area contributed by atoms with Crippen LogP contribution in [0.2, 0.25) is 0 Å². The number of sulfonamides is 1. The lowest BCUT2D eigenvalue weighted by atomic mass is 10.3. The number of rotatable bonds is 5. The summed E-state index contributed by atoms with van der Waals surface area (Å²) in [6.45, 7) is 3.40. The van der Waals surface area contributed by atoms with Crippen LogP contribution in [0.15, 0.2) is 64.0 Å². The van der Waals surface area contributed by atoms with Crippen LogP contribution in [0.3, 0.4) is 0 Å². The lowest BCUT2D eigenvalue weighted by Gasteiger charge is -2.13. The average Bonchev–Trinajstić information content (AvgIpc) is 2.59. The van der Waals surface area contributed by atoms with Gasteiger partial charge in [0.05, 0.1) is 22.0 Å². The van der Waals surface area contributed by atoms with Crippen molar-refractivity contribution in [1.29, 1.82) is 0 Å². The fourth-order valence-electron chi connectivity index (χ4n) is 2.28. The number of hydrogen-bond acceptors (Lipinski definition) is 5. The van der Waals surface area contributed by atoms with Crippen LogP contribution in [0.25, 0.3) is 0 Å². The summed E-state index contributed by atoms with van der Waals surface area (Å²) in [6, 6.07) is 15.7. The molecule has 1 heterocycles. The predicted octanol–water partition coefficient (Wildman–Crippen LogP) is 4.45. The fraction of sp³-hybridized carbons (Fsp3) is 0.111. The lowest BCUT2D eigenvalue weighted by Crippen LogP contribution is -2.16. The van der Waals surface area contributed by atoms with Crippen molar-refractivity contribution in [3.63, 3.8) is 0 Å². The molecule has 3 rings (SSSR count). The SMILES string of the molecule is Cc1nc(Oc2ccccc2)nc(C)c1NS(=O)(=O)c1ccc(Br)cc1. The van der Waals surface area contributed by atoms with Crippen molar-refractivity contribution in [3.05, 3.63) is 70.5 Å². The van der Waals surface area contributed by atoms with E-state index < -0.39 is 10.0 Å². The first-order valence-electron chi connectivity index (χ1n) is 7.72. The van der Waals surface area contributed by atoms with E-state index in [1.165, 1.54) is 12.1 Å². The minimum absolute atomic E-state index is 0.157. The molecule has 134 valence electrons. The van der Waals surface area contributed by atoms with Gasteiger partial charge >= 0.3 is 6.01 Å². The Morgan fingerprint density at radius 2 is 1.50 bits per heavy atom. The number of benzene rings is 2. The zero-order valence-corrected chi connectivity index (χ0v) is 16.5. The number of aryl methyl sites for hydroxylation is 2. The minimum Gasteiger partial charge on any atom is -0.424 e. The smallest absolute Gasteiger partial charge is 0.322 e. The molecule has 1 aromatic heterocycles. The molecular formula is C18H16BrN3O3S. The molecular weight excluding hydrogens is 418 g/mol. The van der Waals surface area contributed by atoms with Gasteiger partial charge in [0, 0.05) is 4.47 Å². The van der Waals surface area contributed by atoms with E-state index in [0.717, 1.165) is 4.47 Å². The van der Waals surface area contributed by atoms with Gasteiger partial charge in [-0.2, -0.15) is 9.97 Å². The highest BCUT2D eigenvalue weighted by Crippen LogP contribution is 2.26. The van der Waals surface area contributed by atoms with Crippen LogP contribution in [-0.4, -0.2) is 18.4 Å². The third kappa shape index (κ3) is 4.20. The molecule has 0 fully saturated rings. The maximum absolute atomic E-state index is 12.6. The molecule has 0 amide bonds. The molecule has 0 unspecified atom stereocenters. The molecule has 0 spiro atoms. The summed E-state index contributed by atoms with van der Waals surface area (Å²) in [5, 5.41) is 0. The number of para-hydroxylation sites is 1. The third-order valence-corrected chi connectivity index (χ3v) is 5.46. The summed E-state index contributed by atoms with van der Waals surface area (Å²) in [7, 11) is -3.74. The van der Waals surface area contributed by atoms with Crippen LogP contribution < -0.4 is 9.46 Å². The Bertz CT molecular complexity index is 1000. The zero-order chi connectivity index (χ0) is 18.7. The summed E-state index contributed by atoms with van der Waals surface area (Å²) in [5.74, 6) is 0.606. The first kappa shape index (κ1) is 18.3. The number of ether oxygens (including phenoxy) is 1. The van der Waals surface area contributed by atoms with Crippen molar-refractivity contribution < 1.29 is 13.2 Å². The molecule has 3 aromatic rings. The molecule has 1 N–H and O–H groups in total. The van der Waals surface area contributed by atoms with E-state index in [0.29, 0.717) is 22.8 Å². The average molecular weight is 434 g/mol. The number of hydrogen-bond donors (Lipinski definition) is 1. The van der Waals surface area contributed by atoms with Gasteiger partial charge in [-0.1, -0.05) is 34.1 Å². The van der Waals surface area contributed by atoms with Gasteiger partial charge in [0.15, 0.2) is 0 Å². The maximum Gasteiger partial charge on any atom is 0.322 e. The fourth-order valence-corrected chi connectivity index (χ4v) is 3.72. The largest absolute Gasteiger partial charge is 0.424 e. The van der Waals surface area contributed by atoms with Crippen LogP contribution in [-0.2, 0) is 10.0 Å². The van der Waals surface area contributed by atoms with Crippen molar-refractivity contribution in [1.82, 2.24) is 9.97 Å². The number of aromatic nitrogens is 2. The van der Waals surface area contributed by atoms with Gasteiger partial charge in [-0.15, -0.1) is 0 Å². The Balaban J connectivity index is 1.88. The molecule has 8 heteroatoms. The quantitative estimate of drug-likeness (QED) is 0.642. The van der Waals surface area contributed by atoms with E-state index in [2.05, 4.69) is 30.6 Å². The van der Waals surface area contributed by atoms with Crippen molar-refractivity contribution in [2.45, 2.75) is 18.7 Å². The van der Waals surface area contributed by atoms with E-state index in [1.807, 2.05) is 18.2 Å². The molecule has 2 aromatic carbocycles. The lowest BCUT2D eigenvalue weighted by molar-refractivity contribution is 0.439. The van der Waals surface area contributed by atoms with Crippen LogP contribution in [0.4, 0.5) is 5.69 Å². The van der Waals surface area contributed by atoms with Gasteiger partial charge in [-0.25, -0.2) is 8.42 Å². The highest BCUT2D eigenvalue weighted by atomic mass is 79.9. The maximum atomic E-state index is 12.6. The monoisotopic (exact) mass is 433 g/mol. The summed E-state index contributed by atoms with van der Waals surface area (Å²) in [4.78, 5) is 8.66. The van der Waals surface area contributed by atoms with E-state index in [1.54, 1.807) is 38.1 Å². The summed E-state index contributed by atoms with van der Waals surface area (Å²) in [6.07, 6.45) is 0. The summed E-state index contributed by atoms with van der Waals surface area (Å²) >= 11 is 3.29. The topological polar surface area (TPSA) is 81.2 Å². The van der Waals surface area contributed by atoms with Crippen molar-refractivity contribution in [2.75, 3.05) is 4.72 Å². The predicted molar refractivity (Wildman–Crippen MR) is 103 cm³/mol. The molecule has 0 aliphatic carbocycles. The van der Waals surface area contributed by atoms with Crippen LogP contribution in [0.1, 0.15) is 11.4 Å². The molecule has 26 heavy (non-hydrogen) atoms. The highest BCUT2D eigenvalue weighted by Gasteiger charge is 2.19. The van der Waals surface area contributed by atoms with Crippen molar-refractivity contribution >= 4 is 31.6 Å². The van der Waals surface area contributed by atoms with Crippen molar-refractivity contribution in [2.24, 2.45) is 0 Å². The third-order valence-electron chi connectivity index (χ3n) is 3.56. The van der Waals surface area contributed by atoms with E-state index in [-0.39, 0.29) is 10.9 Å².